The summed E-state index contributed by atoms with van der Waals surface area (Å²) in [5, 5.41) is 0. The van der Waals surface area contributed by atoms with E-state index >= 15 is 0 Å². The molecular formula is C15H23NO3. The van der Waals surface area contributed by atoms with Crippen molar-refractivity contribution in [1.82, 2.24) is 4.90 Å². The molecule has 0 radical (unpaired) electrons. The fourth-order valence-electron chi connectivity index (χ4n) is 2.36. The number of amides is 1. The van der Waals surface area contributed by atoms with Crippen LogP contribution in [0.25, 0.3) is 0 Å². The van der Waals surface area contributed by atoms with Gasteiger partial charge in [-0.1, -0.05) is 12.7 Å². The van der Waals surface area contributed by atoms with Crippen LogP contribution < -0.4 is 0 Å². The number of carbonyl (C=O) groups is 2. The molecule has 0 saturated carbocycles. The third kappa shape index (κ3) is 4.54. The maximum atomic E-state index is 11.8. The van der Waals surface area contributed by atoms with Gasteiger partial charge in [-0.25, -0.2) is 0 Å². The topological polar surface area (TPSA) is 46.6 Å². The van der Waals surface area contributed by atoms with Crippen molar-refractivity contribution in [2.24, 2.45) is 0 Å². The SMILES string of the molecule is C=CCCCN1C(=O)CC[C@H]1C(=C)CC(=O)OCC. The Morgan fingerprint density at radius 1 is 1.58 bits per heavy atom. The molecule has 0 unspecified atom stereocenters. The average molecular weight is 265 g/mol. The van der Waals surface area contributed by atoms with E-state index in [1.54, 1.807) is 6.92 Å². The minimum atomic E-state index is -0.266. The van der Waals surface area contributed by atoms with Gasteiger partial charge in [0.1, 0.15) is 0 Å². The van der Waals surface area contributed by atoms with Crippen LogP contribution in [0.2, 0.25) is 0 Å². The monoisotopic (exact) mass is 265 g/mol. The highest BCUT2D eigenvalue weighted by atomic mass is 16.5. The smallest absolute Gasteiger partial charge is 0.309 e. The maximum Gasteiger partial charge on any atom is 0.309 e. The van der Waals surface area contributed by atoms with Crippen molar-refractivity contribution in [3.05, 3.63) is 24.8 Å². The lowest BCUT2D eigenvalue weighted by atomic mass is 10.0. The Hall–Kier alpha value is -1.58. The van der Waals surface area contributed by atoms with Gasteiger partial charge in [-0.2, -0.15) is 0 Å². The molecule has 19 heavy (non-hydrogen) atoms. The number of hydrogen-bond donors (Lipinski definition) is 0. The normalized spacial score (nSPS) is 18.5. The van der Waals surface area contributed by atoms with E-state index in [1.165, 1.54) is 0 Å². The number of allylic oxidation sites excluding steroid dienone is 1. The van der Waals surface area contributed by atoms with Gasteiger partial charge < -0.3 is 9.64 Å². The Kier molecular flexibility index (Phi) is 6.33. The lowest BCUT2D eigenvalue weighted by Crippen LogP contribution is -2.35. The fourth-order valence-corrected chi connectivity index (χ4v) is 2.36. The van der Waals surface area contributed by atoms with E-state index in [9.17, 15) is 9.59 Å². The molecule has 1 heterocycles. The summed E-state index contributed by atoms with van der Waals surface area (Å²) in [7, 11) is 0. The van der Waals surface area contributed by atoms with Gasteiger partial charge in [-0.05, 0) is 31.8 Å². The number of hydrogen-bond acceptors (Lipinski definition) is 3. The molecular weight excluding hydrogens is 242 g/mol. The van der Waals surface area contributed by atoms with E-state index in [0.717, 1.165) is 24.8 Å². The highest BCUT2D eigenvalue weighted by Gasteiger charge is 2.32. The molecule has 4 heteroatoms. The zero-order valence-electron chi connectivity index (χ0n) is 11.7. The average Bonchev–Trinajstić information content (AvgIpc) is 2.72. The van der Waals surface area contributed by atoms with Crippen molar-refractivity contribution in [1.29, 1.82) is 0 Å². The van der Waals surface area contributed by atoms with Crippen LogP contribution in [0.4, 0.5) is 0 Å². The molecule has 1 rings (SSSR count). The highest BCUT2D eigenvalue weighted by molar-refractivity contribution is 5.80. The van der Waals surface area contributed by atoms with Gasteiger partial charge in [0, 0.05) is 13.0 Å². The largest absolute Gasteiger partial charge is 0.466 e. The van der Waals surface area contributed by atoms with Gasteiger partial charge in [0.25, 0.3) is 0 Å². The van der Waals surface area contributed by atoms with Gasteiger partial charge in [0.05, 0.1) is 19.1 Å². The quantitative estimate of drug-likeness (QED) is 0.385. The first-order valence-corrected chi connectivity index (χ1v) is 6.83. The van der Waals surface area contributed by atoms with E-state index < -0.39 is 0 Å². The van der Waals surface area contributed by atoms with Crippen molar-refractivity contribution in [3.8, 4) is 0 Å². The third-order valence-electron chi connectivity index (χ3n) is 3.28. The third-order valence-corrected chi connectivity index (χ3v) is 3.28. The number of nitrogens with zero attached hydrogens (tertiary/aromatic N) is 1. The minimum absolute atomic E-state index is 0.0123. The van der Waals surface area contributed by atoms with Crippen molar-refractivity contribution in [2.75, 3.05) is 13.2 Å². The molecule has 0 aliphatic carbocycles. The van der Waals surface area contributed by atoms with Gasteiger partial charge in [-0.15, -0.1) is 6.58 Å². The Morgan fingerprint density at radius 2 is 2.32 bits per heavy atom. The van der Waals surface area contributed by atoms with Crippen molar-refractivity contribution in [2.45, 2.75) is 45.1 Å². The molecule has 1 fully saturated rings. The van der Waals surface area contributed by atoms with Crippen LogP contribution in [0.5, 0.6) is 0 Å². The van der Waals surface area contributed by atoms with E-state index in [0.29, 0.717) is 19.6 Å². The molecule has 1 aliphatic heterocycles. The molecule has 0 bridgehead atoms. The second-order valence-corrected chi connectivity index (χ2v) is 4.71. The van der Waals surface area contributed by atoms with Crippen molar-refractivity contribution >= 4 is 11.9 Å². The number of rotatable bonds is 8. The molecule has 1 aliphatic rings. The minimum Gasteiger partial charge on any atom is -0.466 e. The van der Waals surface area contributed by atoms with Crippen molar-refractivity contribution in [3.63, 3.8) is 0 Å². The van der Waals surface area contributed by atoms with Gasteiger partial charge in [0.15, 0.2) is 0 Å². The zero-order chi connectivity index (χ0) is 14.3. The highest BCUT2D eigenvalue weighted by Crippen LogP contribution is 2.26. The molecule has 0 N–H and O–H groups in total. The zero-order valence-corrected chi connectivity index (χ0v) is 11.7. The Balaban J connectivity index is 2.53. The van der Waals surface area contributed by atoms with E-state index in [4.69, 9.17) is 4.74 Å². The molecule has 4 nitrogen and oxygen atoms in total. The lowest BCUT2D eigenvalue weighted by Gasteiger charge is -2.26. The van der Waals surface area contributed by atoms with Gasteiger partial charge in [0.2, 0.25) is 5.91 Å². The summed E-state index contributed by atoms with van der Waals surface area (Å²) in [4.78, 5) is 25.1. The fraction of sp³-hybridized carbons (Fsp3) is 0.600. The van der Waals surface area contributed by atoms with Crippen LogP contribution in [-0.4, -0.2) is 36.0 Å². The summed E-state index contributed by atoms with van der Waals surface area (Å²) in [6.45, 7) is 10.5. The van der Waals surface area contributed by atoms with E-state index in [1.807, 2.05) is 11.0 Å². The lowest BCUT2D eigenvalue weighted by molar-refractivity contribution is -0.142. The Morgan fingerprint density at radius 3 is 2.95 bits per heavy atom. The summed E-state index contributed by atoms with van der Waals surface area (Å²) in [6, 6.07) is -0.0123. The van der Waals surface area contributed by atoms with Gasteiger partial charge in [-0.3, -0.25) is 9.59 Å². The molecule has 1 atom stereocenters. The van der Waals surface area contributed by atoms with Crippen LogP contribution in [0.15, 0.2) is 24.8 Å². The van der Waals surface area contributed by atoms with Crippen molar-refractivity contribution < 1.29 is 14.3 Å². The first-order valence-electron chi connectivity index (χ1n) is 6.83. The van der Waals surface area contributed by atoms with E-state index in [-0.39, 0.29) is 24.3 Å². The summed E-state index contributed by atoms with van der Waals surface area (Å²) in [6.07, 6.45) is 5.14. The molecule has 0 aromatic heterocycles. The number of likely N-dealkylation sites (tertiary alicyclic amines) is 1. The Bertz CT molecular complexity index is 362. The van der Waals surface area contributed by atoms with E-state index in [2.05, 4.69) is 13.2 Å². The molecule has 0 aromatic carbocycles. The number of esters is 1. The first kappa shape index (κ1) is 15.5. The second-order valence-electron chi connectivity index (χ2n) is 4.71. The molecule has 1 saturated heterocycles. The van der Waals surface area contributed by atoms with Crippen LogP contribution in [0.1, 0.15) is 39.0 Å². The summed E-state index contributed by atoms with van der Waals surface area (Å²) < 4.78 is 4.92. The molecule has 1 amide bonds. The predicted octanol–water partition coefficient (Wildman–Crippen LogP) is 2.45. The number of unbranched alkanes of at least 4 members (excludes halogenated alkanes) is 1. The summed E-state index contributed by atoms with van der Waals surface area (Å²) >= 11 is 0. The van der Waals surface area contributed by atoms with Crippen LogP contribution in [0.3, 0.4) is 0 Å². The second kappa shape index (κ2) is 7.77. The Labute approximate surface area is 115 Å². The number of carbonyl (C=O) groups excluding carboxylic acids is 2. The molecule has 106 valence electrons. The molecule has 0 aromatic rings. The van der Waals surface area contributed by atoms with Gasteiger partial charge >= 0.3 is 5.97 Å². The number of ether oxygens (including phenoxy) is 1. The van der Waals surface area contributed by atoms with Crippen LogP contribution in [0, 0.1) is 0 Å². The van der Waals surface area contributed by atoms with Crippen LogP contribution >= 0.6 is 0 Å². The predicted molar refractivity (Wildman–Crippen MR) is 74.6 cm³/mol. The maximum absolute atomic E-state index is 11.8. The van der Waals surface area contributed by atoms with Crippen LogP contribution in [-0.2, 0) is 14.3 Å². The first-order chi connectivity index (χ1) is 9.10. The standard InChI is InChI=1S/C15H23NO3/c1-4-6-7-10-16-13(8-9-14(16)17)12(3)11-15(18)19-5-2/h4,13H,1,3,5-11H2,2H3/t13-/m0/s1. The molecule has 0 spiro atoms. The summed E-state index contributed by atoms with van der Waals surface area (Å²) in [5.41, 5.74) is 0.780. The summed E-state index contributed by atoms with van der Waals surface area (Å²) in [5.74, 6) is -0.114.